The van der Waals surface area contributed by atoms with Crippen LogP contribution in [0, 0.1) is 0 Å². The van der Waals surface area contributed by atoms with Gasteiger partial charge >= 0.3 is 5.97 Å². The lowest BCUT2D eigenvalue weighted by Gasteiger charge is -2.47. The van der Waals surface area contributed by atoms with Crippen LogP contribution in [0.25, 0.3) is 0 Å². The van der Waals surface area contributed by atoms with E-state index < -0.39 is 5.54 Å². The number of carbonyl (C=O) groups is 1. The number of hydrogen-bond acceptors (Lipinski definition) is 4. The zero-order chi connectivity index (χ0) is 13.7. The van der Waals surface area contributed by atoms with E-state index in [9.17, 15) is 4.79 Å². The van der Waals surface area contributed by atoms with Crippen LogP contribution in [-0.4, -0.2) is 37.4 Å². The van der Waals surface area contributed by atoms with Gasteiger partial charge in [0.25, 0.3) is 0 Å². The van der Waals surface area contributed by atoms with Crippen LogP contribution >= 0.6 is 0 Å². The summed E-state index contributed by atoms with van der Waals surface area (Å²) in [6, 6.07) is 0.462. The maximum Gasteiger partial charge on any atom is 0.326 e. The van der Waals surface area contributed by atoms with Gasteiger partial charge in [0.2, 0.25) is 0 Å². The van der Waals surface area contributed by atoms with E-state index in [-0.39, 0.29) is 12.1 Å². The van der Waals surface area contributed by atoms with E-state index in [1.54, 1.807) is 0 Å². The van der Waals surface area contributed by atoms with Gasteiger partial charge < -0.3 is 9.47 Å². The Hall–Kier alpha value is -0.610. The third-order valence-corrected chi connectivity index (χ3v) is 4.47. The molecule has 2 aliphatic carbocycles. The molecule has 4 nitrogen and oxygen atoms in total. The molecule has 0 aromatic rings. The Kier molecular flexibility index (Phi) is 5.22. The largest absolute Gasteiger partial charge is 0.468 e. The van der Waals surface area contributed by atoms with Crippen LogP contribution in [0.5, 0.6) is 0 Å². The van der Waals surface area contributed by atoms with Crippen molar-refractivity contribution in [3.05, 3.63) is 0 Å². The Balaban J connectivity index is 1.93. The molecule has 0 saturated heterocycles. The van der Waals surface area contributed by atoms with Crippen molar-refractivity contribution in [2.75, 3.05) is 13.7 Å². The van der Waals surface area contributed by atoms with Crippen LogP contribution in [0.1, 0.15) is 58.3 Å². The maximum atomic E-state index is 12.1. The summed E-state index contributed by atoms with van der Waals surface area (Å²) in [4.78, 5) is 12.1. The molecular formula is C15H27NO3. The van der Waals surface area contributed by atoms with Crippen molar-refractivity contribution in [2.24, 2.45) is 0 Å². The number of nitrogens with one attached hydrogen (secondary N) is 1. The number of methoxy groups -OCH3 is 1. The van der Waals surface area contributed by atoms with Crippen molar-refractivity contribution in [2.45, 2.75) is 76.0 Å². The summed E-state index contributed by atoms with van der Waals surface area (Å²) in [5, 5.41) is 3.59. The van der Waals surface area contributed by atoms with Gasteiger partial charge in [0.05, 0.1) is 13.2 Å². The van der Waals surface area contributed by atoms with E-state index >= 15 is 0 Å². The molecule has 1 N–H and O–H groups in total. The summed E-state index contributed by atoms with van der Waals surface area (Å²) < 4.78 is 10.6. The van der Waals surface area contributed by atoms with Crippen molar-refractivity contribution in [3.8, 4) is 0 Å². The fourth-order valence-corrected chi connectivity index (χ4v) is 3.42. The number of ether oxygens (including phenoxy) is 2. The van der Waals surface area contributed by atoms with Crippen molar-refractivity contribution in [1.29, 1.82) is 0 Å². The predicted molar refractivity (Wildman–Crippen MR) is 74.0 cm³/mol. The highest BCUT2D eigenvalue weighted by Crippen LogP contribution is 2.37. The van der Waals surface area contributed by atoms with E-state index in [0.717, 1.165) is 12.8 Å². The topological polar surface area (TPSA) is 47.6 Å². The highest BCUT2D eigenvalue weighted by molar-refractivity contribution is 5.82. The number of rotatable bonds is 5. The molecule has 0 radical (unpaired) electrons. The molecule has 0 unspecified atom stereocenters. The van der Waals surface area contributed by atoms with Gasteiger partial charge in [0.1, 0.15) is 5.54 Å². The second kappa shape index (κ2) is 6.71. The molecule has 2 rings (SSSR count). The van der Waals surface area contributed by atoms with Gasteiger partial charge in [-0.15, -0.1) is 0 Å². The highest BCUT2D eigenvalue weighted by atomic mass is 16.5. The van der Waals surface area contributed by atoms with Crippen LogP contribution < -0.4 is 5.32 Å². The van der Waals surface area contributed by atoms with E-state index in [4.69, 9.17) is 9.47 Å². The molecule has 0 spiro atoms. The van der Waals surface area contributed by atoms with Crippen molar-refractivity contribution >= 4 is 5.97 Å². The first-order valence-electron chi connectivity index (χ1n) is 7.68. The average Bonchev–Trinajstić information content (AvgIpc) is 2.63. The molecule has 0 aliphatic heterocycles. The van der Waals surface area contributed by atoms with Gasteiger partial charge in [-0.3, -0.25) is 10.1 Å². The van der Waals surface area contributed by atoms with Crippen LogP contribution in [-0.2, 0) is 14.3 Å². The van der Waals surface area contributed by atoms with Crippen LogP contribution in [0.4, 0.5) is 0 Å². The number of hydrogen-bond donors (Lipinski definition) is 1. The fourth-order valence-electron chi connectivity index (χ4n) is 3.42. The minimum absolute atomic E-state index is 0.118. The van der Waals surface area contributed by atoms with Crippen LogP contribution in [0.2, 0.25) is 0 Å². The lowest BCUT2D eigenvalue weighted by atomic mass is 9.73. The third-order valence-electron chi connectivity index (χ3n) is 4.47. The molecule has 0 aromatic heterocycles. The van der Waals surface area contributed by atoms with Gasteiger partial charge in [-0.1, -0.05) is 25.7 Å². The quantitative estimate of drug-likeness (QED) is 0.615. The Bertz CT molecular complexity index is 292. The third kappa shape index (κ3) is 3.48. The molecule has 0 atom stereocenters. The Morgan fingerprint density at radius 1 is 1.21 bits per heavy atom. The normalized spacial score (nSPS) is 32.4. The summed E-state index contributed by atoms with van der Waals surface area (Å²) >= 11 is 0. The van der Waals surface area contributed by atoms with E-state index in [2.05, 4.69) is 5.32 Å². The first-order chi connectivity index (χ1) is 9.20. The Labute approximate surface area is 116 Å². The number of carbonyl (C=O) groups excluding carboxylic acids is 1. The molecular weight excluding hydrogens is 242 g/mol. The molecule has 2 fully saturated rings. The zero-order valence-electron chi connectivity index (χ0n) is 12.2. The molecule has 0 aromatic carbocycles. The van der Waals surface area contributed by atoms with Crippen molar-refractivity contribution < 1.29 is 14.3 Å². The number of esters is 1. The molecule has 19 heavy (non-hydrogen) atoms. The van der Waals surface area contributed by atoms with E-state index in [1.807, 2.05) is 6.92 Å². The molecule has 110 valence electrons. The summed E-state index contributed by atoms with van der Waals surface area (Å²) in [5.41, 5.74) is -0.483. The lowest BCUT2D eigenvalue weighted by Crippen LogP contribution is -2.65. The van der Waals surface area contributed by atoms with Gasteiger partial charge in [-0.25, -0.2) is 0 Å². The standard InChI is InChI=1S/C15H27NO3/c1-3-19-13-10-15(11-13,14(17)18-2)16-12-8-6-4-5-7-9-12/h12-13,16H,3-11H2,1-2H3. The molecule has 0 heterocycles. The van der Waals surface area contributed by atoms with Crippen LogP contribution in [0.15, 0.2) is 0 Å². The first kappa shape index (κ1) is 14.8. The molecule has 2 aliphatic rings. The van der Waals surface area contributed by atoms with Gasteiger partial charge in [0.15, 0.2) is 0 Å². The molecule has 4 heteroatoms. The summed E-state index contributed by atoms with van der Waals surface area (Å²) in [6.45, 7) is 2.71. The van der Waals surface area contributed by atoms with Gasteiger partial charge in [-0.05, 0) is 19.8 Å². The minimum atomic E-state index is -0.483. The Morgan fingerprint density at radius 2 is 1.84 bits per heavy atom. The van der Waals surface area contributed by atoms with Gasteiger partial charge in [0, 0.05) is 25.5 Å². The summed E-state index contributed by atoms with van der Waals surface area (Å²) in [5.74, 6) is -0.118. The van der Waals surface area contributed by atoms with Crippen molar-refractivity contribution in [3.63, 3.8) is 0 Å². The average molecular weight is 269 g/mol. The Morgan fingerprint density at radius 3 is 2.37 bits per heavy atom. The fraction of sp³-hybridized carbons (Fsp3) is 0.933. The van der Waals surface area contributed by atoms with E-state index in [0.29, 0.717) is 12.6 Å². The highest BCUT2D eigenvalue weighted by Gasteiger charge is 2.52. The zero-order valence-corrected chi connectivity index (χ0v) is 12.2. The summed E-state index contributed by atoms with van der Waals surface area (Å²) in [7, 11) is 1.48. The molecule has 2 saturated carbocycles. The minimum Gasteiger partial charge on any atom is -0.468 e. The maximum absolute atomic E-state index is 12.1. The lowest BCUT2D eigenvalue weighted by molar-refractivity contribution is -0.162. The first-order valence-corrected chi connectivity index (χ1v) is 7.68. The smallest absolute Gasteiger partial charge is 0.326 e. The van der Waals surface area contributed by atoms with Gasteiger partial charge in [-0.2, -0.15) is 0 Å². The van der Waals surface area contributed by atoms with E-state index in [1.165, 1.54) is 45.6 Å². The summed E-state index contributed by atoms with van der Waals surface area (Å²) in [6.07, 6.45) is 9.26. The predicted octanol–water partition coefficient (Wildman–Crippen LogP) is 2.41. The molecule has 0 amide bonds. The monoisotopic (exact) mass is 269 g/mol. The van der Waals surface area contributed by atoms with Crippen molar-refractivity contribution in [1.82, 2.24) is 5.32 Å². The second-order valence-electron chi connectivity index (χ2n) is 5.89. The SMILES string of the molecule is CCOC1CC(NC2CCCCCC2)(C(=O)OC)C1. The second-order valence-corrected chi connectivity index (χ2v) is 5.89. The molecule has 0 bridgehead atoms. The van der Waals surface area contributed by atoms with Crippen LogP contribution in [0.3, 0.4) is 0 Å².